The van der Waals surface area contributed by atoms with E-state index in [2.05, 4.69) is 21.1 Å². The molecule has 0 N–H and O–H groups in total. The third kappa shape index (κ3) is 3.90. The fourth-order valence-corrected chi connectivity index (χ4v) is 4.41. The van der Waals surface area contributed by atoms with Gasteiger partial charge < -0.3 is 9.26 Å². The second-order valence-corrected chi connectivity index (χ2v) is 8.52. The second kappa shape index (κ2) is 8.14. The summed E-state index contributed by atoms with van der Waals surface area (Å²) in [7, 11) is 0. The summed E-state index contributed by atoms with van der Waals surface area (Å²) in [6.45, 7) is 4.74. The Morgan fingerprint density at radius 2 is 2.11 bits per heavy atom. The number of amides is 1. The maximum Gasteiger partial charge on any atom is 0.265 e. The number of benzene rings is 1. The fraction of sp³-hybridized carbons (Fsp3) is 0.350. The molecule has 3 aromatic rings. The van der Waals surface area contributed by atoms with Crippen molar-refractivity contribution in [2.45, 2.75) is 32.8 Å². The van der Waals surface area contributed by atoms with Gasteiger partial charge in [-0.05, 0) is 38.8 Å². The van der Waals surface area contributed by atoms with Crippen molar-refractivity contribution in [2.24, 2.45) is 0 Å². The van der Waals surface area contributed by atoms with Gasteiger partial charge in [0.25, 0.3) is 5.91 Å². The van der Waals surface area contributed by atoms with E-state index in [0.717, 1.165) is 35.2 Å². The van der Waals surface area contributed by atoms with Gasteiger partial charge in [-0.1, -0.05) is 33.2 Å². The third-order valence-corrected chi connectivity index (χ3v) is 6.16. The fourth-order valence-electron chi connectivity index (χ4n) is 3.30. The average molecular weight is 462 g/mol. The van der Waals surface area contributed by atoms with Gasteiger partial charge in [-0.2, -0.15) is 0 Å². The van der Waals surface area contributed by atoms with Gasteiger partial charge >= 0.3 is 0 Å². The molecule has 1 aliphatic rings. The van der Waals surface area contributed by atoms with Crippen molar-refractivity contribution >= 4 is 38.3 Å². The Bertz CT molecular complexity index is 958. The zero-order valence-electron chi connectivity index (χ0n) is 15.6. The Labute approximate surface area is 175 Å². The van der Waals surface area contributed by atoms with Crippen LogP contribution in [0.2, 0.25) is 0 Å². The van der Waals surface area contributed by atoms with Crippen LogP contribution in [0.1, 0.15) is 34.7 Å². The van der Waals surface area contributed by atoms with Gasteiger partial charge in [0, 0.05) is 22.0 Å². The number of halogens is 1. The van der Waals surface area contributed by atoms with E-state index >= 15 is 0 Å². The molecule has 1 aromatic carbocycles. The number of aromatic nitrogens is 2. The van der Waals surface area contributed by atoms with Crippen molar-refractivity contribution in [1.29, 1.82) is 0 Å². The molecular formula is C20H20BrN3O3S. The van der Waals surface area contributed by atoms with E-state index in [1.807, 2.05) is 29.6 Å². The van der Waals surface area contributed by atoms with Gasteiger partial charge in [0.05, 0.1) is 24.0 Å². The zero-order chi connectivity index (χ0) is 19.7. The second-order valence-electron chi connectivity index (χ2n) is 6.77. The number of nitrogens with zero attached hydrogens (tertiary/aromatic N) is 3. The van der Waals surface area contributed by atoms with Gasteiger partial charge in [0.2, 0.25) is 0 Å². The highest BCUT2D eigenvalue weighted by atomic mass is 79.9. The Kier molecular flexibility index (Phi) is 5.61. The predicted molar refractivity (Wildman–Crippen MR) is 112 cm³/mol. The number of carbonyl (C=O) groups is 1. The smallest absolute Gasteiger partial charge is 0.265 e. The van der Waals surface area contributed by atoms with E-state index < -0.39 is 0 Å². The molecule has 1 aliphatic heterocycles. The highest BCUT2D eigenvalue weighted by Gasteiger charge is 2.30. The maximum atomic E-state index is 13.4. The SMILES string of the molecule is Cc1noc(C)c1C(=O)N(CC1CCCO1)c1nc(-c2ccc(Br)cc2)cs1. The van der Waals surface area contributed by atoms with Crippen molar-refractivity contribution in [3.63, 3.8) is 0 Å². The molecule has 0 spiro atoms. The number of hydrogen-bond acceptors (Lipinski definition) is 6. The van der Waals surface area contributed by atoms with Crippen LogP contribution in [0.15, 0.2) is 38.6 Å². The molecule has 0 saturated carbocycles. The van der Waals surface area contributed by atoms with Gasteiger partial charge in [-0.3, -0.25) is 9.69 Å². The van der Waals surface area contributed by atoms with Crippen LogP contribution < -0.4 is 4.90 Å². The topological polar surface area (TPSA) is 68.5 Å². The van der Waals surface area contributed by atoms with Gasteiger partial charge in [-0.15, -0.1) is 11.3 Å². The van der Waals surface area contributed by atoms with Crippen molar-refractivity contribution in [3.8, 4) is 11.3 Å². The Morgan fingerprint density at radius 3 is 2.75 bits per heavy atom. The van der Waals surface area contributed by atoms with Crippen LogP contribution in [0.5, 0.6) is 0 Å². The number of carbonyl (C=O) groups excluding carboxylic acids is 1. The normalized spacial score (nSPS) is 16.5. The van der Waals surface area contributed by atoms with Crippen molar-refractivity contribution in [2.75, 3.05) is 18.1 Å². The molecule has 6 nitrogen and oxygen atoms in total. The molecule has 28 heavy (non-hydrogen) atoms. The first-order valence-corrected chi connectivity index (χ1v) is 10.8. The van der Waals surface area contributed by atoms with Gasteiger partial charge in [0.15, 0.2) is 5.13 Å². The van der Waals surface area contributed by atoms with Crippen LogP contribution in [0.3, 0.4) is 0 Å². The van der Waals surface area contributed by atoms with E-state index in [4.69, 9.17) is 14.2 Å². The van der Waals surface area contributed by atoms with E-state index in [0.29, 0.717) is 28.7 Å². The number of anilines is 1. The number of rotatable bonds is 5. The Morgan fingerprint density at radius 1 is 1.32 bits per heavy atom. The molecule has 1 saturated heterocycles. The lowest BCUT2D eigenvalue weighted by atomic mass is 10.1. The summed E-state index contributed by atoms with van der Waals surface area (Å²) in [6.07, 6.45) is 1.97. The quantitative estimate of drug-likeness (QED) is 0.534. The summed E-state index contributed by atoms with van der Waals surface area (Å²) in [5.41, 5.74) is 2.94. The zero-order valence-corrected chi connectivity index (χ0v) is 18.0. The van der Waals surface area contributed by atoms with Crippen LogP contribution in [0.25, 0.3) is 11.3 Å². The van der Waals surface area contributed by atoms with E-state index in [9.17, 15) is 4.79 Å². The molecule has 4 rings (SSSR count). The van der Waals surface area contributed by atoms with Crippen LogP contribution in [0.4, 0.5) is 5.13 Å². The van der Waals surface area contributed by atoms with E-state index in [1.54, 1.807) is 18.7 Å². The standard InChI is InChI=1S/C20H20BrN3O3S/c1-12-18(13(2)27-23-12)19(25)24(10-16-4-3-9-26-16)20-22-17(11-28-20)14-5-7-15(21)8-6-14/h5-8,11,16H,3-4,9-10H2,1-2H3. The largest absolute Gasteiger partial charge is 0.376 e. The summed E-state index contributed by atoms with van der Waals surface area (Å²) in [5.74, 6) is 0.369. The minimum absolute atomic E-state index is 0.0180. The van der Waals surface area contributed by atoms with E-state index in [1.165, 1.54) is 11.3 Å². The lowest BCUT2D eigenvalue weighted by molar-refractivity contribution is 0.0915. The molecule has 8 heteroatoms. The number of ether oxygens (including phenoxy) is 1. The minimum atomic E-state index is -0.150. The first-order chi connectivity index (χ1) is 13.5. The highest BCUT2D eigenvalue weighted by Crippen LogP contribution is 2.31. The monoisotopic (exact) mass is 461 g/mol. The van der Waals surface area contributed by atoms with Crippen LogP contribution in [-0.2, 0) is 4.74 Å². The first kappa shape index (κ1) is 19.3. The average Bonchev–Trinajstić information content (AvgIpc) is 3.42. The summed E-state index contributed by atoms with van der Waals surface area (Å²) in [4.78, 5) is 19.8. The molecule has 0 radical (unpaired) electrons. The molecule has 2 aromatic heterocycles. The van der Waals surface area contributed by atoms with Crippen LogP contribution in [-0.4, -0.2) is 35.3 Å². The van der Waals surface area contributed by atoms with Crippen molar-refractivity contribution in [3.05, 3.63) is 51.1 Å². The highest BCUT2D eigenvalue weighted by molar-refractivity contribution is 9.10. The number of thiazole rings is 1. The molecule has 1 amide bonds. The molecule has 0 bridgehead atoms. The lowest BCUT2D eigenvalue weighted by Gasteiger charge is -2.23. The van der Waals surface area contributed by atoms with Crippen LogP contribution >= 0.6 is 27.3 Å². The maximum absolute atomic E-state index is 13.4. The molecular weight excluding hydrogens is 442 g/mol. The molecule has 1 atom stereocenters. The molecule has 0 aliphatic carbocycles. The van der Waals surface area contributed by atoms with Crippen molar-refractivity contribution < 1.29 is 14.1 Å². The molecule has 1 fully saturated rings. The molecule has 3 heterocycles. The van der Waals surface area contributed by atoms with Crippen LogP contribution in [0, 0.1) is 13.8 Å². The Balaban J connectivity index is 1.67. The third-order valence-electron chi connectivity index (χ3n) is 4.77. The predicted octanol–water partition coefficient (Wildman–Crippen LogP) is 5.00. The molecule has 1 unspecified atom stereocenters. The lowest BCUT2D eigenvalue weighted by Crippen LogP contribution is -2.38. The summed E-state index contributed by atoms with van der Waals surface area (Å²) >= 11 is 4.90. The summed E-state index contributed by atoms with van der Waals surface area (Å²) in [5, 5.41) is 6.56. The number of hydrogen-bond donors (Lipinski definition) is 0. The first-order valence-electron chi connectivity index (χ1n) is 9.10. The Hall–Kier alpha value is -2.03. The summed E-state index contributed by atoms with van der Waals surface area (Å²) in [6, 6.07) is 7.97. The number of aryl methyl sites for hydroxylation is 2. The van der Waals surface area contributed by atoms with Crippen molar-refractivity contribution in [1.82, 2.24) is 10.1 Å². The molecule has 146 valence electrons. The minimum Gasteiger partial charge on any atom is -0.376 e. The van der Waals surface area contributed by atoms with Gasteiger partial charge in [0.1, 0.15) is 11.3 Å². The van der Waals surface area contributed by atoms with Gasteiger partial charge in [-0.25, -0.2) is 4.98 Å². The summed E-state index contributed by atoms with van der Waals surface area (Å²) < 4.78 is 12.0. The van der Waals surface area contributed by atoms with E-state index in [-0.39, 0.29) is 12.0 Å².